The van der Waals surface area contributed by atoms with Crippen LogP contribution in [0.4, 0.5) is 5.13 Å². The lowest BCUT2D eigenvalue weighted by Crippen LogP contribution is -2.22. The minimum absolute atomic E-state index is 0.0607. The Morgan fingerprint density at radius 3 is 2.58 bits per heavy atom. The van der Waals surface area contributed by atoms with E-state index in [-0.39, 0.29) is 5.91 Å². The third-order valence-electron chi connectivity index (χ3n) is 2.59. The summed E-state index contributed by atoms with van der Waals surface area (Å²) in [4.78, 5) is 12.7. The number of anilines is 1. The Balaban J connectivity index is 2.20. The molecule has 0 saturated heterocycles. The van der Waals surface area contributed by atoms with Gasteiger partial charge >= 0.3 is 0 Å². The molecule has 1 aromatic heterocycles. The summed E-state index contributed by atoms with van der Waals surface area (Å²) in [6, 6.07) is 7.66. The molecule has 1 amide bonds. The van der Waals surface area contributed by atoms with Crippen molar-refractivity contribution < 1.29 is 9.53 Å². The van der Waals surface area contributed by atoms with Crippen LogP contribution in [0.1, 0.15) is 13.8 Å². The summed E-state index contributed by atoms with van der Waals surface area (Å²) < 4.78 is 5.39. The van der Waals surface area contributed by atoms with Crippen molar-refractivity contribution in [1.82, 2.24) is 10.2 Å². The van der Waals surface area contributed by atoms with Crippen molar-refractivity contribution >= 4 is 22.4 Å². The smallest absolute Gasteiger partial charge is 0.225 e. The Morgan fingerprint density at radius 1 is 1.32 bits per heavy atom. The molecule has 1 aromatic carbocycles. The van der Waals surface area contributed by atoms with Crippen LogP contribution in [0.5, 0.6) is 5.75 Å². The quantitative estimate of drug-likeness (QED) is 0.862. The van der Waals surface area contributed by atoms with Gasteiger partial charge in [0, 0.05) is 19.5 Å². The summed E-state index contributed by atoms with van der Waals surface area (Å²) in [7, 11) is 1.69. The maximum atomic E-state index is 11.3. The van der Waals surface area contributed by atoms with Crippen molar-refractivity contribution in [3.05, 3.63) is 24.3 Å². The average molecular weight is 277 g/mol. The fourth-order valence-electron chi connectivity index (χ4n) is 1.46. The highest BCUT2D eigenvalue weighted by Crippen LogP contribution is 2.29. The largest absolute Gasteiger partial charge is 0.494 e. The van der Waals surface area contributed by atoms with E-state index in [1.165, 1.54) is 23.2 Å². The highest BCUT2D eigenvalue weighted by Gasteiger charge is 2.13. The summed E-state index contributed by atoms with van der Waals surface area (Å²) in [5, 5.41) is 9.49. The fourth-order valence-corrected chi connectivity index (χ4v) is 2.32. The molecule has 6 heteroatoms. The molecule has 0 aliphatic rings. The number of nitrogens with zero attached hydrogens (tertiary/aromatic N) is 3. The number of carbonyl (C=O) groups is 1. The van der Waals surface area contributed by atoms with Gasteiger partial charge in [0.15, 0.2) is 0 Å². The number of rotatable bonds is 4. The minimum Gasteiger partial charge on any atom is -0.494 e. The van der Waals surface area contributed by atoms with E-state index in [4.69, 9.17) is 4.74 Å². The number of amides is 1. The van der Waals surface area contributed by atoms with Crippen molar-refractivity contribution in [2.24, 2.45) is 0 Å². The van der Waals surface area contributed by atoms with Crippen molar-refractivity contribution in [2.45, 2.75) is 13.8 Å². The summed E-state index contributed by atoms with van der Waals surface area (Å²) >= 11 is 1.38. The van der Waals surface area contributed by atoms with E-state index in [9.17, 15) is 4.79 Å². The molecule has 0 spiro atoms. The maximum Gasteiger partial charge on any atom is 0.225 e. The first kappa shape index (κ1) is 13.5. The number of hydrogen-bond donors (Lipinski definition) is 0. The molecule has 0 bridgehead atoms. The monoisotopic (exact) mass is 277 g/mol. The lowest BCUT2D eigenvalue weighted by molar-refractivity contribution is -0.116. The van der Waals surface area contributed by atoms with Crippen LogP contribution in [0.3, 0.4) is 0 Å². The summed E-state index contributed by atoms with van der Waals surface area (Å²) in [5.41, 5.74) is 0.962. The van der Waals surface area contributed by atoms with Crippen molar-refractivity contribution in [3.8, 4) is 16.3 Å². The molecular formula is C13H15N3O2S. The van der Waals surface area contributed by atoms with Gasteiger partial charge in [-0.25, -0.2) is 0 Å². The number of carbonyl (C=O) groups excluding carboxylic acids is 1. The van der Waals surface area contributed by atoms with Crippen LogP contribution in [0.15, 0.2) is 24.3 Å². The Kier molecular flexibility index (Phi) is 4.11. The lowest BCUT2D eigenvalue weighted by Gasteiger charge is -2.08. The number of ether oxygens (including phenoxy) is 1. The van der Waals surface area contributed by atoms with Gasteiger partial charge in [0.2, 0.25) is 11.0 Å². The molecule has 0 aliphatic heterocycles. The zero-order valence-corrected chi connectivity index (χ0v) is 11.9. The van der Waals surface area contributed by atoms with Gasteiger partial charge in [-0.05, 0) is 31.2 Å². The minimum atomic E-state index is -0.0607. The Bertz CT molecular complexity index is 566. The van der Waals surface area contributed by atoms with Crippen molar-refractivity contribution in [2.75, 3.05) is 18.6 Å². The van der Waals surface area contributed by atoms with Crippen LogP contribution in [-0.2, 0) is 4.79 Å². The van der Waals surface area contributed by atoms with Gasteiger partial charge in [-0.1, -0.05) is 11.3 Å². The van der Waals surface area contributed by atoms with E-state index in [0.29, 0.717) is 11.7 Å². The Labute approximate surface area is 115 Å². The van der Waals surface area contributed by atoms with Gasteiger partial charge in [0.05, 0.1) is 6.61 Å². The normalized spacial score (nSPS) is 10.3. The first-order valence-electron chi connectivity index (χ1n) is 5.93. The van der Waals surface area contributed by atoms with E-state index in [0.717, 1.165) is 16.3 Å². The SMILES string of the molecule is CCOc1ccc(-c2nnc(N(C)C(C)=O)s2)cc1. The highest BCUT2D eigenvalue weighted by atomic mass is 32.1. The van der Waals surface area contributed by atoms with Crippen LogP contribution in [-0.4, -0.2) is 29.8 Å². The van der Waals surface area contributed by atoms with Crippen LogP contribution < -0.4 is 9.64 Å². The number of benzene rings is 1. The molecule has 0 N–H and O–H groups in total. The maximum absolute atomic E-state index is 11.3. The molecule has 0 aliphatic carbocycles. The van der Waals surface area contributed by atoms with Gasteiger partial charge in [0.1, 0.15) is 10.8 Å². The first-order valence-corrected chi connectivity index (χ1v) is 6.74. The third kappa shape index (κ3) is 3.08. The summed E-state index contributed by atoms with van der Waals surface area (Å²) in [6.07, 6.45) is 0. The second-order valence-electron chi connectivity index (χ2n) is 3.93. The molecule has 0 atom stereocenters. The first-order chi connectivity index (χ1) is 9.11. The van der Waals surface area contributed by atoms with Crippen LogP contribution in [0.2, 0.25) is 0 Å². The fraction of sp³-hybridized carbons (Fsp3) is 0.308. The standard InChI is InChI=1S/C13H15N3O2S/c1-4-18-11-7-5-10(6-8-11)12-14-15-13(19-12)16(3)9(2)17/h5-8H,4H2,1-3H3. The van der Waals surface area contributed by atoms with Gasteiger partial charge < -0.3 is 4.74 Å². The van der Waals surface area contributed by atoms with Crippen molar-refractivity contribution in [1.29, 1.82) is 0 Å². The molecule has 19 heavy (non-hydrogen) atoms. The molecule has 0 saturated carbocycles. The number of aromatic nitrogens is 2. The molecule has 100 valence electrons. The van der Waals surface area contributed by atoms with Crippen LogP contribution in [0.25, 0.3) is 10.6 Å². The lowest BCUT2D eigenvalue weighted by atomic mass is 10.2. The molecule has 5 nitrogen and oxygen atoms in total. The molecular weight excluding hydrogens is 262 g/mol. The van der Waals surface area contributed by atoms with E-state index < -0.39 is 0 Å². The summed E-state index contributed by atoms with van der Waals surface area (Å²) in [5.74, 6) is 0.770. The third-order valence-corrected chi connectivity index (χ3v) is 3.63. The van der Waals surface area contributed by atoms with Gasteiger partial charge in [-0.3, -0.25) is 9.69 Å². The second-order valence-corrected chi connectivity index (χ2v) is 4.88. The zero-order valence-electron chi connectivity index (χ0n) is 11.1. The number of hydrogen-bond acceptors (Lipinski definition) is 5. The molecule has 1 heterocycles. The second kappa shape index (κ2) is 5.79. The van der Waals surface area contributed by atoms with Gasteiger partial charge in [-0.15, -0.1) is 10.2 Å². The van der Waals surface area contributed by atoms with Crippen molar-refractivity contribution in [3.63, 3.8) is 0 Å². The predicted octanol–water partition coefficient (Wildman–Crippen LogP) is 2.59. The topological polar surface area (TPSA) is 55.3 Å². The highest BCUT2D eigenvalue weighted by molar-refractivity contribution is 7.18. The van der Waals surface area contributed by atoms with E-state index in [1.54, 1.807) is 7.05 Å². The average Bonchev–Trinajstić information content (AvgIpc) is 2.88. The zero-order chi connectivity index (χ0) is 13.8. The van der Waals surface area contributed by atoms with Crippen LogP contribution in [0, 0.1) is 0 Å². The molecule has 0 fully saturated rings. The Hall–Kier alpha value is -1.95. The predicted molar refractivity (Wildman–Crippen MR) is 75.6 cm³/mol. The van der Waals surface area contributed by atoms with Gasteiger partial charge in [-0.2, -0.15) is 0 Å². The van der Waals surface area contributed by atoms with Crippen LogP contribution >= 0.6 is 11.3 Å². The van der Waals surface area contributed by atoms with E-state index in [2.05, 4.69) is 10.2 Å². The molecule has 0 radical (unpaired) electrons. The molecule has 2 rings (SSSR count). The Morgan fingerprint density at radius 2 is 2.00 bits per heavy atom. The van der Waals surface area contributed by atoms with E-state index in [1.807, 2.05) is 31.2 Å². The van der Waals surface area contributed by atoms with Gasteiger partial charge in [0.25, 0.3) is 0 Å². The summed E-state index contributed by atoms with van der Waals surface area (Å²) in [6.45, 7) is 4.09. The molecule has 0 unspecified atom stereocenters. The molecule has 2 aromatic rings. The van der Waals surface area contributed by atoms with E-state index >= 15 is 0 Å².